The normalized spacial score (nSPS) is 25.3. The Labute approximate surface area is 105 Å². The Kier molecular flexibility index (Phi) is 3.76. The molecule has 2 aliphatic carbocycles. The van der Waals surface area contributed by atoms with Crippen LogP contribution in [0.25, 0.3) is 0 Å². The Morgan fingerprint density at radius 2 is 1.82 bits per heavy atom. The SMILES string of the molecule is CC1(C(=O)NCC2(CCN)CC2)CCCCC1. The number of nitrogens with one attached hydrogen (secondary N) is 1. The first-order valence-corrected chi connectivity index (χ1v) is 7.09. The highest BCUT2D eigenvalue weighted by molar-refractivity contribution is 5.82. The van der Waals surface area contributed by atoms with Crippen LogP contribution in [0.15, 0.2) is 0 Å². The molecule has 3 heteroatoms. The molecule has 0 aromatic rings. The molecule has 98 valence electrons. The zero-order valence-electron chi connectivity index (χ0n) is 11.1. The molecule has 2 rings (SSSR count). The largest absolute Gasteiger partial charge is 0.355 e. The Bertz CT molecular complexity index is 278. The van der Waals surface area contributed by atoms with E-state index in [0.717, 1.165) is 32.4 Å². The van der Waals surface area contributed by atoms with E-state index in [4.69, 9.17) is 5.73 Å². The van der Waals surface area contributed by atoms with Gasteiger partial charge in [0.2, 0.25) is 5.91 Å². The first-order valence-electron chi connectivity index (χ1n) is 7.09. The fourth-order valence-electron chi connectivity index (χ4n) is 3.04. The molecule has 0 aromatic carbocycles. The van der Waals surface area contributed by atoms with Crippen molar-refractivity contribution in [2.45, 2.75) is 58.3 Å². The Morgan fingerprint density at radius 1 is 1.18 bits per heavy atom. The van der Waals surface area contributed by atoms with Gasteiger partial charge in [0, 0.05) is 12.0 Å². The van der Waals surface area contributed by atoms with E-state index in [0.29, 0.717) is 5.41 Å². The summed E-state index contributed by atoms with van der Waals surface area (Å²) in [4.78, 5) is 12.3. The summed E-state index contributed by atoms with van der Waals surface area (Å²) in [5.41, 5.74) is 5.87. The average Bonchev–Trinajstić information content (AvgIpc) is 3.08. The number of hydrogen-bond acceptors (Lipinski definition) is 2. The van der Waals surface area contributed by atoms with E-state index in [2.05, 4.69) is 12.2 Å². The van der Waals surface area contributed by atoms with Crippen LogP contribution in [0.3, 0.4) is 0 Å². The van der Waals surface area contributed by atoms with Gasteiger partial charge in [-0.2, -0.15) is 0 Å². The average molecular weight is 238 g/mol. The highest BCUT2D eigenvalue weighted by atomic mass is 16.2. The lowest BCUT2D eigenvalue weighted by Gasteiger charge is -2.32. The molecule has 2 saturated carbocycles. The van der Waals surface area contributed by atoms with Crippen LogP contribution in [0.1, 0.15) is 58.3 Å². The van der Waals surface area contributed by atoms with E-state index >= 15 is 0 Å². The minimum Gasteiger partial charge on any atom is -0.355 e. The number of nitrogens with two attached hydrogens (primary N) is 1. The number of carbonyl (C=O) groups is 1. The van der Waals surface area contributed by atoms with Gasteiger partial charge in [0.15, 0.2) is 0 Å². The molecule has 0 atom stereocenters. The second-order valence-corrected chi connectivity index (χ2v) is 6.34. The van der Waals surface area contributed by atoms with Crippen LogP contribution in [0.5, 0.6) is 0 Å². The van der Waals surface area contributed by atoms with Crippen LogP contribution in [-0.2, 0) is 4.79 Å². The van der Waals surface area contributed by atoms with Crippen LogP contribution in [0, 0.1) is 10.8 Å². The highest BCUT2D eigenvalue weighted by Crippen LogP contribution is 2.48. The van der Waals surface area contributed by atoms with Gasteiger partial charge in [-0.15, -0.1) is 0 Å². The summed E-state index contributed by atoms with van der Waals surface area (Å²) in [6.45, 7) is 3.72. The highest BCUT2D eigenvalue weighted by Gasteiger charge is 2.43. The second-order valence-electron chi connectivity index (χ2n) is 6.34. The van der Waals surface area contributed by atoms with E-state index in [9.17, 15) is 4.79 Å². The van der Waals surface area contributed by atoms with Crippen LogP contribution in [0.2, 0.25) is 0 Å². The summed E-state index contributed by atoms with van der Waals surface area (Å²) in [5, 5.41) is 3.19. The van der Waals surface area contributed by atoms with Crippen molar-refractivity contribution in [1.29, 1.82) is 0 Å². The fraction of sp³-hybridized carbons (Fsp3) is 0.929. The number of hydrogen-bond donors (Lipinski definition) is 2. The fourth-order valence-corrected chi connectivity index (χ4v) is 3.04. The van der Waals surface area contributed by atoms with Gasteiger partial charge in [-0.25, -0.2) is 0 Å². The Balaban J connectivity index is 1.80. The molecule has 0 radical (unpaired) electrons. The van der Waals surface area contributed by atoms with Crippen molar-refractivity contribution in [2.24, 2.45) is 16.6 Å². The smallest absolute Gasteiger partial charge is 0.225 e. The predicted octanol–water partition coefficient (Wildman–Crippen LogP) is 2.20. The van der Waals surface area contributed by atoms with Crippen LogP contribution in [0.4, 0.5) is 0 Å². The van der Waals surface area contributed by atoms with E-state index in [1.807, 2.05) is 0 Å². The Hall–Kier alpha value is -0.570. The van der Waals surface area contributed by atoms with Gasteiger partial charge in [-0.3, -0.25) is 4.79 Å². The van der Waals surface area contributed by atoms with Crippen molar-refractivity contribution >= 4 is 5.91 Å². The van der Waals surface area contributed by atoms with Crippen molar-refractivity contribution in [1.82, 2.24) is 5.32 Å². The number of rotatable bonds is 5. The second kappa shape index (κ2) is 4.97. The zero-order chi connectivity index (χ0) is 12.4. The maximum absolute atomic E-state index is 12.3. The van der Waals surface area contributed by atoms with Crippen molar-refractivity contribution in [3.63, 3.8) is 0 Å². The molecular formula is C14H26N2O. The summed E-state index contributed by atoms with van der Waals surface area (Å²) in [6.07, 6.45) is 9.35. The number of amides is 1. The first kappa shape index (κ1) is 12.9. The van der Waals surface area contributed by atoms with E-state index in [-0.39, 0.29) is 11.3 Å². The monoisotopic (exact) mass is 238 g/mol. The van der Waals surface area contributed by atoms with Gasteiger partial charge in [0.05, 0.1) is 0 Å². The lowest BCUT2D eigenvalue weighted by atomic mass is 9.75. The molecule has 3 N–H and O–H groups in total. The van der Waals surface area contributed by atoms with Gasteiger partial charge in [0.25, 0.3) is 0 Å². The standard InChI is InChI=1S/C14H26N2O/c1-13(5-3-2-4-6-13)12(17)16-11-14(7-8-14)9-10-15/h2-11,15H2,1H3,(H,16,17). The predicted molar refractivity (Wildman–Crippen MR) is 69.5 cm³/mol. The minimum absolute atomic E-state index is 0.100. The number of carbonyl (C=O) groups excluding carboxylic acids is 1. The van der Waals surface area contributed by atoms with E-state index < -0.39 is 0 Å². The van der Waals surface area contributed by atoms with Crippen molar-refractivity contribution < 1.29 is 4.79 Å². The van der Waals surface area contributed by atoms with Gasteiger partial charge >= 0.3 is 0 Å². The topological polar surface area (TPSA) is 55.1 Å². The molecular weight excluding hydrogens is 212 g/mol. The maximum atomic E-state index is 12.3. The molecule has 0 aromatic heterocycles. The lowest BCUT2D eigenvalue weighted by Crippen LogP contribution is -2.42. The summed E-state index contributed by atoms with van der Waals surface area (Å²) < 4.78 is 0. The molecule has 0 bridgehead atoms. The molecule has 0 unspecified atom stereocenters. The Morgan fingerprint density at radius 3 is 2.35 bits per heavy atom. The van der Waals surface area contributed by atoms with Gasteiger partial charge < -0.3 is 11.1 Å². The molecule has 2 aliphatic rings. The van der Waals surface area contributed by atoms with Crippen molar-refractivity contribution in [3.05, 3.63) is 0 Å². The van der Waals surface area contributed by atoms with Crippen LogP contribution >= 0.6 is 0 Å². The third-order valence-corrected chi connectivity index (χ3v) is 4.76. The van der Waals surface area contributed by atoms with Crippen LogP contribution in [-0.4, -0.2) is 19.0 Å². The molecule has 0 spiro atoms. The molecule has 3 nitrogen and oxygen atoms in total. The molecule has 2 fully saturated rings. The summed E-state index contributed by atoms with van der Waals surface area (Å²) in [5.74, 6) is 0.278. The first-order chi connectivity index (χ1) is 8.10. The third kappa shape index (κ3) is 3.01. The van der Waals surface area contributed by atoms with Gasteiger partial charge in [-0.1, -0.05) is 26.2 Å². The van der Waals surface area contributed by atoms with Gasteiger partial charge in [-0.05, 0) is 44.1 Å². The summed E-state index contributed by atoms with van der Waals surface area (Å²) in [6, 6.07) is 0. The zero-order valence-corrected chi connectivity index (χ0v) is 11.1. The third-order valence-electron chi connectivity index (χ3n) is 4.76. The lowest BCUT2D eigenvalue weighted by molar-refractivity contribution is -0.132. The van der Waals surface area contributed by atoms with E-state index in [1.54, 1.807) is 0 Å². The minimum atomic E-state index is -0.100. The molecule has 1 amide bonds. The van der Waals surface area contributed by atoms with Crippen LogP contribution < -0.4 is 11.1 Å². The maximum Gasteiger partial charge on any atom is 0.225 e. The quantitative estimate of drug-likeness (QED) is 0.771. The van der Waals surface area contributed by atoms with Crippen molar-refractivity contribution in [3.8, 4) is 0 Å². The molecule has 0 heterocycles. The molecule has 17 heavy (non-hydrogen) atoms. The van der Waals surface area contributed by atoms with Gasteiger partial charge in [0.1, 0.15) is 0 Å². The summed E-state index contributed by atoms with van der Waals surface area (Å²) in [7, 11) is 0. The molecule has 0 saturated heterocycles. The summed E-state index contributed by atoms with van der Waals surface area (Å²) >= 11 is 0. The van der Waals surface area contributed by atoms with E-state index in [1.165, 1.54) is 32.1 Å². The molecule has 0 aliphatic heterocycles. The van der Waals surface area contributed by atoms with Crippen molar-refractivity contribution in [2.75, 3.05) is 13.1 Å².